The summed E-state index contributed by atoms with van der Waals surface area (Å²) >= 11 is 0. The number of rotatable bonds is 7. The second-order valence-electron chi connectivity index (χ2n) is 14.5. The van der Waals surface area contributed by atoms with Crippen molar-refractivity contribution in [2.24, 2.45) is 0 Å². The van der Waals surface area contributed by atoms with Gasteiger partial charge in [-0.15, -0.1) is 0 Å². The molecule has 0 aliphatic rings. The van der Waals surface area contributed by atoms with Crippen LogP contribution in [0.1, 0.15) is 0 Å². The van der Waals surface area contributed by atoms with E-state index in [0.29, 0.717) is 0 Å². The van der Waals surface area contributed by atoms with Crippen molar-refractivity contribution in [1.29, 1.82) is 0 Å². The summed E-state index contributed by atoms with van der Waals surface area (Å²) < 4.78 is 12.7. The largest absolute Gasteiger partial charge is 0.456 e. The summed E-state index contributed by atoms with van der Waals surface area (Å²) in [5.74, 6) is 0. The van der Waals surface area contributed by atoms with Crippen molar-refractivity contribution in [3.05, 3.63) is 212 Å². The topological polar surface area (TPSA) is 29.5 Å². The Bertz CT molecular complexity index is 3210. The molecular formula is C54H35NO2. The van der Waals surface area contributed by atoms with Crippen LogP contribution in [0.15, 0.2) is 221 Å². The van der Waals surface area contributed by atoms with Gasteiger partial charge >= 0.3 is 0 Å². The van der Waals surface area contributed by atoms with Gasteiger partial charge in [0.1, 0.15) is 22.3 Å². The number of nitrogens with zero attached hydrogens (tertiary/aromatic N) is 1. The van der Waals surface area contributed by atoms with Crippen LogP contribution in [0.2, 0.25) is 0 Å². The van der Waals surface area contributed by atoms with E-state index in [4.69, 9.17) is 8.83 Å². The summed E-state index contributed by atoms with van der Waals surface area (Å²) in [5.41, 5.74) is 16.0. The number of fused-ring (bicyclic) bond motifs is 6. The maximum Gasteiger partial charge on any atom is 0.137 e. The quantitative estimate of drug-likeness (QED) is 0.164. The van der Waals surface area contributed by atoms with Crippen molar-refractivity contribution in [2.45, 2.75) is 0 Å². The van der Waals surface area contributed by atoms with Crippen molar-refractivity contribution in [2.75, 3.05) is 4.90 Å². The predicted octanol–water partition coefficient (Wildman–Crippen LogP) is 15.6. The van der Waals surface area contributed by atoms with E-state index in [0.717, 1.165) is 88.8 Å². The van der Waals surface area contributed by atoms with E-state index in [9.17, 15) is 0 Å². The number of benzene rings is 9. The molecular weight excluding hydrogens is 695 g/mol. The lowest BCUT2D eigenvalue weighted by Crippen LogP contribution is -2.09. The summed E-state index contributed by atoms with van der Waals surface area (Å²) in [4.78, 5) is 2.31. The van der Waals surface area contributed by atoms with Crippen LogP contribution in [0.5, 0.6) is 0 Å². The van der Waals surface area contributed by atoms with E-state index in [-0.39, 0.29) is 0 Å². The lowest BCUT2D eigenvalue weighted by molar-refractivity contribution is 0.668. The molecule has 0 bridgehead atoms. The van der Waals surface area contributed by atoms with Crippen LogP contribution in [-0.4, -0.2) is 0 Å². The number of furan rings is 2. The maximum absolute atomic E-state index is 6.38. The van der Waals surface area contributed by atoms with Gasteiger partial charge in [0.05, 0.1) is 0 Å². The third kappa shape index (κ3) is 5.85. The SMILES string of the molecule is c1ccc(-c2ccc(N(c3ccc(-c4cc(-c5ccccc5)cc(-c5cccc6oc7ccccc7c56)c4)cc3)c3ccc4c(c3)oc3ccccc34)cc2)cc1. The lowest BCUT2D eigenvalue weighted by atomic mass is 9.91. The molecule has 3 nitrogen and oxygen atoms in total. The molecule has 0 spiro atoms. The third-order valence-corrected chi connectivity index (χ3v) is 11.1. The first-order valence-electron chi connectivity index (χ1n) is 19.3. The molecule has 2 aromatic heterocycles. The Balaban J connectivity index is 1.04. The van der Waals surface area contributed by atoms with Gasteiger partial charge in [0.25, 0.3) is 0 Å². The molecule has 2 heterocycles. The van der Waals surface area contributed by atoms with Crippen molar-refractivity contribution < 1.29 is 8.83 Å². The van der Waals surface area contributed by atoms with Gasteiger partial charge in [0, 0.05) is 44.7 Å². The standard InChI is InChI=1S/C54H35NO2/c1-3-12-36(13-4-1)38-22-26-43(27-23-38)55(45-30-31-48-47-16-7-9-19-50(47)57-53(48)35-45)44-28-24-39(25-29-44)41-32-40(37-14-5-2-6-15-37)33-42(34-41)46-18-11-21-52-54(46)49-17-8-10-20-51(49)56-52/h1-35H. The van der Waals surface area contributed by atoms with E-state index in [1.54, 1.807) is 0 Å². The van der Waals surface area contributed by atoms with Gasteiger partial charge in [-0.1, -0.05) is 133 Å². The number of hydrogen-bond donors (Lipinski definition) is 0. The molecule has 11 rings (SSSR count). The van der Waals surface area contributed by atoms with Gasteiger partial charge in [-0.05, 0) is 117 Å². The van der Waals surface area contributed by atoms with E-state index < -0.39 is 0 Å². The second-order valence-corrected chi connectivity index (χ2v) is 14.5. The minimum atomic E-state index is 0.863. The molecule has 0 radical (unpaired) electrons. The van der Waals surface area contributed by atoms with Crippen LogP contribution < -0.4 is 4.90 Å². The fourth-order valence-electron chi connectivity index (χ4n) is 8.30. The molecule has 3 heteroatoms. The molecule has 57 heavy (non-hydrogen) atoms. The van der Waals surface area contributed by atoms with Gasteiger partial charge < -0.3 is 13.7 Å². The Kier molecular flexibility index (Phi) is 7.82. The summed E-state index contributed by atoms with van der Waals surface area (Å²) in [5, 5.41) is 4.49. The van der Waals surface area contributed by atoms with E-state index in [1.807, 2.05) is 24.3 Å². The Morgan fingerprint density at radius 3 is 1.39 bits per heavy atom. The Labute approximate surface area is 330 Å². The van der Waals surface area contributed by atoms with Gasteiger partial charge in [-0.3, -0.25) is 0 Å². The number of anilines is 3. The zero-order valence-electron chi connectivity index (χ0n) is 31.0. The highest BCUT2D eigenvalue weighted by Gasteiger charge is 2.18. The molecule has 268 valence electrons. The van der Waals surface area contributed by atoms with Crippen LogP contribution in [0, 0.1) is 0 Å². The van der Waals surface area contributed by atoms with Crippen LogP contribution in [-0.2, 0) is 0 Å². The molecule has 11 aromatic rings. The highest BCUT2D eigenvalue weighted by molar-refractivity contribution is 6.13. The smallest absolute Gasteiger partial charge is 0.137 e. The first-order valence-corrected chi connectivity index (χ1v) is 19.3. The molecule has 0 aliphatic heterocycles. The molecule has 0 saturated heterocycles. The van der Waals surface area contributed by atoms with Gasteiger partial charge in [0.15, 0.2) is 0 Å². The van der Waals surface area contributed by atoms with Crippen LogP contribution in [0.25, 0.3) is 88.4 Å². The molecule has 0 aliphatic carbocycles. The zero-order valence-corrected chi connectivity index (χ0v) is 31.0. The van der Waals surface area contributed by atoms with Crippen molar-refractivity contribution >= 4 is 60.9 Å². The van der Waals surface area contributed by atoms with Gasteiger partial charge in [-0.2, -0.15) is 0 Å². The molecule has 0 atom stereocenters. The Morgan fingerprint density at radius 2 is 0.719 bits per heavy atom. The van der Waals surface area contributed by atoms with Crippen LogP contribution in [0.3, 0.4) is 0 Å². The normalized spacial score (nSPS) is 11.5. The summed E-state index contributed by atoms with van der Waals surface area (Å²) in [6.07, 6.45) is 0. The molecule has 0 unspecified atom stereocenters. The fraction of sp³-hybridized carbons (Fsp3) is 0. The number of para-hydroxylation sites is 2. The maximum atomic E-state index is 6.38. The summed E-state index contributed by atoms with van der Waals surface area (Å²) in [7, 11) is 0. The fourth-order valence-corrected chi connectivity index (χ4v) is 8.30. The highest BCUT2D eigenvalue weighted by atomic mass is 16.3. The molecule has 0 fully saturated rings. The molecule has 0 saturated carbocycles. The monoisotopic (exact) mass is 729 g/mol. The summed E-state index contributed by atoms with van der Waals surface area (Å²) in [6, 6.07) is 75.2. The van der Waals surface area contributed by atoms with E-state index in [1.165, 1.54) is 16.7 Å². The molecule has 9 aromatic carbocycles. The van der Waals surface area contributed by atoms with Gasteiger partial charge in [0.2, 0.25) is 0 Å². The van der Waals surface area contributed by atoms with Crippen molar-refractivity contribution in [3.8, 4) is 44.5 Å². The second kappa shape index (κ2) is 13.6. The third-order valence-electron chi connectivity index (χ3n) is 11.1. The Hall–Kier alpha value is -7.62. The van der Waals surface area contributed by atoms with E-state index in [2.05, 4.69) is 193 Å². The minimum absolute atomic E-state index is 0.863. The molecule has 0 N–H and O–H groups in total. The van der Waals surface area contributed by atoms with Gasteiger partial charge in [-0.25, -0.2) is 0 Å². The van der Waals surface area contributed by atoms with Crippen molar-refractivity contribution in [1.82, 2.24) is 0 Å². The van der Waals surface area contributed by atoms with E-state index >= 15 is 0 Å². The average Bonchev–Trinajstić information content (AvgIpc) is 3.86. The lowest BCUT2D eigenvalue weighted by Gasteiger charge is -2.26. The Morgan fingerprint density at radius 1 is 0.263 bits per heavy atom. The first-order chi connectivity index (χ1) is 28.2. The first kappa shape index (κ1) is 32.8. The van der Waals surface area contributed by atoms with Crippen LogP contribution >= 0.6 is 0 Å². The van der Waals surface area contributed by atoms with Crippen molar-refractivity contribution in [3.63, 3.8) is 0 Å². The highest BCUT2D eigenvalue weighted by Crippen LogP contribution is 2.42. The summed E-state index contributed by atoms with van der Waals surface area (Å²) in [6.45, 7) is 0. The average molecular weight is 730 g/mol. The minimum Gasteiger partial charge on any atom is -0.456 e. The zero-order chi connectivity index (χ0) is 37.7. The number of hydrogen-bond acceptors (Lipinski definition) is 3. The predicted molar refractivity (Wildman–Crippen MR) is 237 cm³/mol. The molecule has 0 amide bonds. The van der Waals surface area contributed by atoms with Crippen LogP contribution in [0.4, 0.5) is 17.1 Å².